The van der Waals surface area contributed by atoms with Gasteiger partial charge in [0, 0.05) is 5.92 Å². The summed E-state index contributed by atoms with van der Waals surface area (Å²) in [4.78, 5) is 24.2. The van der Waals surface area contributed by atoms with Crippen LogP contribution in [0.3, 0.4) is 0 Å². The Morgan fingerprint density at radius 2 is 2.11 bits per heavy atom. The first-order valence-electron chi connectivity index (χ1n) is 5.43. The van der Waals surface area contributed by atoms with Gasteiger partial charge in [-0.05, 0) is 6.42 Å². The Balaban J connectivity index is 2.42. The smallest absolute Gasteiger partial charge is 0.328 e. The van der Waals surface area contributed by atoms with Crippen molar-refractivity contribution in [3.8, 4) is 0 Å². The highest BCUT2D eigenvalue weighted by molar-refractivity contribution is 4.98. The van der Waals surface area contributed by atoms with Gasteiger partial charge in [0.1, 0.15) is 0 Å². The SMILES string of the molecule is O=c1[nH]c(=O)n(C2CC(O)C(CO)C2O)cc1F. The first-order valence-corrected chi connectivity index (χ1v) is 5.43. The molecule has 1 saturated carbocycles. The average molecular weight is 260 g/mol. The maximum atomic E-state index is 13.1. The van der Waals surface area contributed by atoms with E-state index in [4.69, 9.17) is 5.11 Å². The van der Waals surface area contributed by atoms with Crippen molar-refractivity contribution < 1.29 is 19.7 Å². The van der Waals surface area contributed by atoms with Crippen LogP contribution in [0.15, 0.2) is 15.8 Å². The van der Waals surface area contributed by atoms with E-state index < -0.39 is 47.8 Å². The third-order valence-electron chi connectivity index (χ3n) is 3.30. The number of aromatic amines is 1. The molecule has 0 spiro atoms. The summed E-state index contributed by atoms with van der Waals surface area (Å²) < 4.78 is 14.0. The van der Waals surface area contributed by atoms with E-state index in [1.807, 2.05) is 0 Å². The molecule has 0 aliphatic heterocycles. The highest BCUT2D eigenvalue weighted by Crippen LogP contribution is 2.34. The molecule has 4 atom stereocenters. The fraction of sp³-hybridized carbons (Fsp3) is 0.600. The van der Waals surface area contributed by atoms with Crippen LogP contribution >= 0.6 is 0 Å². The molecule has 100 valence electrons. The lowest BCUT2D eigenvalue weighted by atomic mass is 10.0. The van der Waals surface area contributed by atoms with Crippen molar-refractivity contribution in [1.82, 2.24) is 9.55 Å². The summed E-state index contributed by atoms with van der Waals surface area (Å²) in [5, 5.41) is 28.5. The van der Waals surface area contributed by atoms with Gasteiger partial charge in [-0.15, -0.1) is 0 Å². The van der Waals surface area contributed by atoms with Crippen molar-refractivity contribution in [3.05, 3.63) is 32.9 Å². The number of nitrogens with zero attached hydrogens (tertiary/aromatic N) is 1. The van der Waals surface area contributed by atoms with Gasteiger partial charge in [-0.1, -0.05) is 0 Å². The number of rotatable bonds is 2. The minimum Gasteiger partial charge on any atom is -0.396 e. The van der Waals surface area contributed by atoms with Crippen molar-refractivity contribution in [2.75, 3.05) is 6.61 Å². The molecule has 7 nitrogen and oxygen atoms in total. The van der Waals surface area contributed by atoms with Crippen LogP contribution < -0.4 is 11.2 Å². The predicted molar refractivity (Wildman–Crippen MR) is 57.5 cm³/mol. The molecule has 18 heavy (non-hydrogen) atoms. The Labute approximate surface area is 100 Å². The monoisotopic (exact) mass is 260 g/mol. The second-order valence-electron chi connectivity index (χ2n) is 4.35. The predicted octanol–water partition coefficient (Wildman–Crippen LogP) is -2.05. The quantitative estimate of drug-likeness (QED) is 0.488. The maximum Gasteiger partial charge on any atom is 0.328 e. The van der Waals surface area contributed by atoms with Crippen molar-refractivity contribution in [1.29, 1.82) is 0 Å². The van der Waals surface area contributed by atoms with E-state index in [0.717, 1.165) is 4.57 Å². The Morgan fingerprint density at radius 3 is 2.67 bits per heavy atom. The molecule has 0 bridgehead atoms. The zero-order chi connectivity index (χ0) is 13.4. The van der Waals surface area contributed by atoms with Crippen molar-refractivity contribution >= 4 is 0 Å². The molecule has 1 aromatic heterocycles. The molecule has 1 fully saturated rings. The van der Waals surface area contributed by atoms with Gasteiger partial charge in [0.2, 0.25) is 5.82 Å². The summed E-state index contributed by atoms with van der Waals surface area (Å²) in [5.74, 6) is -1.94. The lowest BCUT2D eigenvalue weighted by Crippen LogP contribution is -2.37. The lowest BCUT2D eigenvalue weighted by molar-refractivity contribution is 0.0206. The molecule has 1 aromatic rings. The molecule has 8 heteroatoms. The fourth-order valence-electron chi connectivity index (χ4n) is 2.29. The number of hydrogen-bond acceptors (Lipinski definition) is 5. The molecule has 0 saturated heterocycles. The number of aliphatic hydroxyl groups is 3. The second kappa shape index (κ2) is 4.63. The molecule has 0 amide bonds. The van der Waals surface area contributed by atoms with Gasteiger partial charge < -0.3 is 15.3 Å². The van der Waals surface area contributed by atoms with E-state index in [9.17, 15) is 24.2 Å². The molecule has 0 radical (unpaired) electrons. The van der Waals surface area contributed by atoms with Gasteiger partial charge in [0.25, 0.3) is 5.56 Å². The summed E-state index contributed by atoms with van der Waals surface area (Å²) in [6, 6.07) is -0.879. The van der Waals surface area contributed by atoms with E-state index in [1.165, 1.54) is 0 Å². The standard InChI is InChI=1S/C10H13FN2O5/c11-5-2-13(10(18)12-9(5)17)6-1-7(15)4(3-14)8(6)16/h2,4,6-8,14-16H,1,3H2,(H,12,17,18). The van der Waals surface area contributed by atoms with Crippen LogP contribution in [0.2, 0.25) is 0 Å². The topological polar surface area (TPSA) is 116 Å². The van der Waals surface area contributed by atoms with Crippen molar-refractivity contribution in [2.45, 2.75) is 24.7 Å². The third-order valence-corrected chi connectivity index (χ3v) is 3.30. The van der Waals surface area contributed by atoms with E-state index in [-0.39, 0.29) is 6.42 Å². The van der Waals surface area contributed by atoms with Crippen LogP contribution in [0.4, 0.5) is 4.39 Å². The Bertz CT molecular complexity index is 554. The van der Waals surface area contributed by atoms with Gasteiger partial charge in [-0.25, -0.2) is 4.79 Å². The maximum absolute atomic E-state index is 13.1. The van der Waals surface area contributed by atoms with Crippen molar-refractivity contribution in [2.24, 2.45) is 5.92 Å². The van der Waals surface area contributed by atoms with Gasteiger partial charge in [0.15, 0.2) is 0 Å². The fourth-order valence-corrected chi connectivity index (χ4v) is 2.29. The van der Waals surface area contributed by atoms with E-state index in [2.05, 4.69) is 0 Å². The van der Waals surface area contributed by atoms with Crippen LogP contribution in [0, 0.1) is 11.7 Å². The van der Waals surface area contributed by atoms with Crippen LogP contribution in [0.25, 0.3) is 0 Å². The molecular formula is C10H13FN2O5. The number of nitrogens with one attached hydrogen (secondary N) is 1. The summed E-state index contributed by atoms with van der Waals surface area (Å²) >= 11 is 0. The van der Waals surface area contributed by atoms with Crippen molar-refractivity contribution in [3.63, 3.8) is 0 Å². The Kier molecular flexibility index (Phi) is 3.33. The van der Waals surface area contributed by atoms with Gasteiger partial charge >= 0.3 is 5.69 Å². The third kappa shape index (κ3) is 1.98. The molecule has 2 rings (SSSR count). The summed E-state index contributed by atoms with van der Waals surface area (Å²) in [6.45, 7) is -0.445. The summed E-state index contributed by atoms with van der Waals surface area (Å²) in [7, 11) is 0. The van der Waals surface area contributed by atoms with E-state index >= 15 is 0 Å². The highest BCUT2D eigenvalue weighted by Gasteiger charge is 2.42. The molecule has 4 N–H and O–H groups in total. The molecular weight excluding hydrogens is 247 g/mol. The van der Waals surface area contributed by atoms with Crippen LogP contribution in [-0.4, -0.2) is 43.7 Å². The number of H-pyrrole nitrogens is 1. The van der Waals surface area contributed by atoms with E-state index in [0.29, 0.717) is 6.20 Å². The summed E-state index contributed by atoms with van der Waals surface area (Å²) in [5.41, 5.74) is -2.00. The van der Waals surface area contributed by atoms with Gasteiger partial charge in [-0.2, -0.15) is 4.39 Å². The van der Waals surface area contributed by atoms with Crippen LogP contribution in [0.5, 0.6) is 0 Å². The zero-order valence-electron chi connectivity index (χ0n) is 9.28. The molecule has 4 unspecified atom stereocenters. The molecule has 0 aromatic carbocycles. The minimum absolute atomic E-state index is 0.00220. The number of aliphatic hydroxyl groups excluding tert-OH is 3. The van der Waals surface area contributed by atoms with Crippen LogP contribution in [0.1, 0.15) is 12.5 Å². The number of aromatic nitrogens is 2. The summed E-state index contributed by atoms with van der Waals surface area (Å²) in [6.07, 6.45) is -1.48. The second-order valence-corrected chi connectivity index (χ2v) is 4.35. The molecule has 1 aliphatic carbocycles. The van der Waals surface area contributed by atoms with E-state index in [1.54, 1.807) is 4.98 Å². The molecule has 1 aliphatic rings. The van der Waals surface area contributed by atoms with Gasteiger partial charge in [-0.3, -0.25) is 14.3 Å². The minimum atomic E-state index is -1.19. The Hall–Kier alpha value is -1.51. The Morgan fingerprint density at radius 1 is 1.44 bits per heavy atom. The van der Waals surface area contributed by atoms with Gasteiger partial charge in [0.05, 0.1) is 31.1 Å². The first-order chi connectivity index (χ1) is 8.45. The largest absolute Gasteiger partial charge is 0.396 e. The number of hydrogen-bond donors (Lipinski definition) is 4. The normalized spacial score (nSPS) is 31.8. The number of halogens is 1. The lowest BCUT2D eigenvalue weighted by Gasteiger charge is -2.19. The zero-order valence-corrected chi connectivity index (χ0v) is 9.28. The van der Waals surface area contributed by atoms with Crippen LogP contribution in [-0.2, 0) is 0 Å². The first kappa shape index (κ1) is 12.9. The average Bonchev–Trinajstić information content (AvgIpc) is 2.59. The highest BCUT2D eigenvalue weighted by atomic mass is 19.1. The molecule has 1 heterocycles.